The Bertz CT molecular complexity index is 692. The molecule has 5 nitrogen and oxygen atoms in total. The number of tetrazole rings is 1. The first-order valence-electron chi connectivity index (χ1n) is 6.63. The van der Waals surface area contributed by atoms with Crippen LogP contribution in [0.1, 0.15) is 16.3 Å². The highest BCUT2D eigenvalue weighted by Crippen LogP contribution is 2.21. The number of hydrogen-bond acceptors (Lipinski definition) is 6. The molecule has 3 rings (SSSR count). The van der Waals surface area contributed by atoms with Gasteiger partial charge in [-0.2, -0.15) is 0 Å². The van der Waals surface area contributed by atoms with E-state index in [0.29, 0.717) is 0 Å². The molecule has 0 amide bonds. The second-order valence-electron chi connectivity index (χ2n) is 4.59. The smallest absolute Gasteiger partial charge is 0.209 e. The molecule has 0 aliphatic carbocycles. The predicted molar refractivity (Wildman–Crippen MR) is 84.3 cm³/mol. The van der Waals surface area contributed by atoms with E-state index in [-0.39, 0.29) is 0 Å². The third-order valence-electron chi connectivity index (χ3n) is 3.00. The number of thioether (sulfide) groups is 1. The van der Waals surface area contributed by atoms with Gasteiger partial charge in [-0.1, -0.05) is 42.1 Å². The van der Waals surface area contributed by atoms with E-state index in [9.17, 15) is 0 Å². The summed E-state index contributed by atoms with van der Waals surface area (Å²) in [4.78, 5) is 4.67. The van der Waals surface area contributed by atoms with Gasteiger partial charge in [0.25, 0.3) is 0 Å². The van der Waals surface area contributed by atoms with Crippen molar-refractivity contribution < 1.29 is 0 Å². The van der Waals surface area contributed by atoms with Crippen LogP contribution in [0.4, 0.5) is 0 Å². The van der Waals surface area contributed by atoms with E-state index in [1.807, 2.05) is 13.1 Å². The Morgan fingerprint density at radius 3 is 2.81 bits per heavy atom. The normalized spacial score (nSPS) is 10.9. The molecule has 0 fully saturated rings. The lowest BCUT2D eigenvalue weighted by Gasteiger charge is -1.98. The summed E-state index contributed by atoms with van der Waals surface area (Å²) in [5.74, 6) is 0.802. The highest BCUT2D eigenvalue weighted by atomic mass is 32.2. The van der Waals surface area contributed by atoms with Gasteiger partial charge in [-0.3, -0.25) is 0 Å². The Morgan fingerprint density at radius 1 is 1.19 bits per heavy atom. The van der Waals surface area contributed by atoms with Gasteiger partial charge in [0.2, 0.25) is 5.16 Å². The molecule has 0 saturated heterocycles. The van der Waals surface area contributed by atoms with E-state index in [4.69, 9.17) is 0 Å². The van der Waals surface area contributed by atoms with E-state index in [0.717, 1.165) is 29.4 Å². The third kappa shape index (κ3) is 3.89. The summed E-state index contributed by atoms with van der Waals surface area (Å²) in [5, 5.41) is 15.5. The van der Waals surface area contributed by atoms with Crippen molar-refractivity contribution in [3.63, 3.8) is 0 Å². The molecule has 0 aliphatic rings. The summed E-state index contributed by atoms with van der Waals surface area (Å²) in [6.45, 7) is 0. The zero-order chi connectivity index (χ0) is 14.5. The molecular formula is C14H15N5S2. The van der Waals surface area contributed by atoms with Gasteiger partial charge in [0.05, 0.1) is 10.7 Å². The minimum Gasteiger partial charge on any atom is -0.245 e. The van der Waals surface area contributed by atoms with Crippen molar-refractivity contribution in [2.24, 2.45) is 7.05 Å². The second kappa shape index (κ2) is 6.82. The predicted octanol–water partition coefficient (Wildman–Crippen LogP) is 2.74. The van der Waals surface area contributed by atoms with Crippen LogP contribution in [0.5, 0.6) is 0 Å². The lowest BCUT2D eigenvalue weighted by atomic mass is 10.1. The van der Waals surface area contributed by atoms with Crippen molar-refractivity contribution in [1.82, 2.24) is 25.2 Å². The SMILES string of the molecule is Cn1nnnc1SCc1csc(CCc2ccccc2)n1. The average molecular weight is 317 g/mol. The van der Waals surface area contributed by atoms with Crippen molar-refractivity contribution in [1.29, 1.82) is 0 Å². The Hall–Kier alpha value is -1.73. The topological polar surface area (TPSA) is 56.5 Å². The fraction of sp³-hybridized carbons (Fsp3) is 0.286. The summed E-state index contributed by atoms with van der Waals surface area (Å²) in [5.41, 5.74) is 2.45. The Labute approximate surface area is 131 Å². The zero-order valence-corrected chi connectivity index (χ0v) is 13.3. The number of aryl methyl sites for hydroxylation is 3. The van der Waals surface area contributed by atoms with Gasteiger partial charge < -0.3 is 0 Å². The fourth-order valence-electron chi connectivity index (χ4n) is 1.91. The quantitative estimate of drug-likeness (QED) is 0.654. The lowest BCUT2D eigenvalue weighted by Crippen LogP contribution is -1.94. The minimum absolute atomic E-state index is 0.802. The van der Waals surface area contributed by atoms with Gasteiger partial charge in [-0.25, -0.2) is 9.67 Å². The zero-order valence-electron chi connectivity index (χ0n) is 11.6. The first-order chi connectivity index (χ1) is 10.3. The van der Waals surface area contributed by atoms with Crippen LogP contribution in [0.15, 0.2) is 40.9 Å². The second-order valence-corrected chi connectivity index (χ2v) is 6.48. The standard InChI is InChI=1S/C14H15N5S2/c1-19-14(16-17-18-19)21-10-12-9-20-13(15-12)8-7-11-5-3-2-4-6-11/h2-6,9H,7-8,10H2,1H3. The first-order valence-corrected chi connectivity index (χ1v) is 8.50. The van der Waals surface area contributed by atoms with E-state index < -0.39 is 0 Å². The van der Waals surface area contributed by atoms with Crippen LogP contribution in [-0.4, -0.2) is 25.2 Å². The van der Waals surface area contributed by atoms with Gasteiger partial charge in [0.15, 0.2) is 0 Å². The summed E-state index contributed by atoms with van der Waals surface area (Å²) < 4.78 is 1.67. The van der Waals surface area contributed by atoms with Crippen LogP contribution < -0.4 is 0 Å². The van der Waals surface area contributed by atoms with Gasteiger partial charge >= 0.3 is 0 Å². The number of thiazole rings is 1. The molecule has 1 aromatic carbocycles. The number of rotatable bonds is 6. The fourth-order valence-corrected chi connectivity index (χ4v) is 3.55. The van der Waals surface area contributed by atoms with Crippen LogP contribution in [0.3, 0.4) is 0 Å². The summed E-state index contributed by atoms with van der Waals surface area (Å²) in [7, 11) is 1.84. The Balaban J connectivity index is 1.53. The molecule has 7 heteroatoms. The maximum atomic E-state index is 4.67. The maximum absolute atomic E-state index is 4.67. The molecule has 0 radical (unpaired) electrons. The molecule has 21 heavy (non-hydrogen) atoms. The average Bonchev–Trinajstić information content (AvgIpc) is 3.13. The van der Waals surface area contributed by atoms with Crippen LogP contribution in [0.25, 0.3) is 0 Å². The van der Waals surface area contributed by atoms with Gasteiger partial charge in [-0.15, -0.1) is 16.4 Å². The molecule has 0 spiro atoms. The monoisotopic (exact) mass is 317 g/mol. The van der Waals surface area contributed by atoms with Gasteiger partial charge in [0.1, 0.15) is 0 Å². The third-order valence-corrected chi connectivity index (χ3v) is 5.00. The first kappa shape index (κ1) is 14.2. The molecule has 0 bridgehead atoms. The lowest BCUT2D eigenvalue weighted by molar-refractivity contribution is 0.664. The highest BCUT2D eigenvalue weighted by molar-refractivity contribution is 7.98. The summed E-state index contributed by atoms with van der Waals surface area (Å²) in [6, 6.07) is 10.5. The molecule has 3 aromatic rings. The molecule has 0 saturated carbocycles. The molecular weight excluding hydrogens is 302 g/mol. The van der Waals surface area contributed by atoms with Crippen LogP contribution in [-0.2, 0) is 25.6 Å². The highest BCUT2D eigenvalue weighted by Gasteiger charge is 2.07. The Morgan fingerprint density at radius 2 is 2.05 bits per heavy atom. The van der Waals surface area contributed by atoms with Crippen LogP contribution in [0.2, 0.25) is 0 Å². The molecule has 0 atom stereocenters. The number of nitrogens with zero attached hydrogens (tertiary/aromatic N) is 5. The van der Waals surface area contributed by atoms with Crippen molar-refractivity contribution in [3.8, 4) is 0 Å². The van der Waals surface area contributed by atoms with Crippen LogP contribution >= 0.6 is 23.1 Å². The van der Waals surface area contributed by atoms with E-state index in [1.165, 1.54) is 10.6 Å². The van der Waals surface area contributed by atoms with Crippen molar-refractivity contribution >= 4 is 23.1 Å². The van der Waals surface area contributed by atoms with Crippen molar-refractivity contribution in [3.05, 3.63) is 52.0 Å². The molecule has 0 N–H and O–H groups in total. The largest absolute Gasteiger partial charge is 0.245 e. The Kier molecular flexibility index (Phi) is 4.62. The summed E-state index contributed by atoms with van der Waals surface area (Å²) >= 11 is 3.33. The van der Waals surface area contributed by atoms with E-state index in [2.05, 4.69) is 50.2 Å². The molecule has 2 aromatic heterocycles. The molecule has 108 valence electrons. The van der Waals surface area contributed by atoms with E-state index in [1.54, 1.807) is 27.8 Å². The maximum Gasteiger partial charge on any atom is 0.209 e. The number of aromatic nitrogens is 5. The molecule has 0 aliphatic heterocycles. The molecule has 2 heterocycles. The van der Waals surface area contributed by atoms with Crippen molar-refractivity contribution in [2.45, 2.75) is 23.8 Å². The van der Waals surface area contributed by atoms with Gasteiger partial charge in [0, 0.05) is 24.6 Å². The molecule has 0 unspecified atom stereocenters. The number of benzene rings is 1. The van der Waals surface area contributed by atoms with Crippen LogP contribution in [0, 0.1) is 0 Å². The summed E-state index contributed by atoms with van der Waals surface area (Å²) in [6.07, 6.45) is 2.03. The minimum atomic E-state index is 0.802. The van der Waals surface area contributed by atoms with Crippen molar-refractivity contribution in [2.75, 3.05) is 0 Å². The number of hydrogen-bond donors (Lipinski definition) is 0. The van der Waals surface area contributed by atoms with Gasteiger partial charge in [-0.05, 0) is 22.4 Å². The van der Waals surface area contributed by atoms with E-state index >= 15 is 0 Å².